The third-order valence-electron chi connectivity index (χ3n) is 3.77. The van der Waals surface area contributed by atoms with E-state index in [1.165, 1.54) is 12.1 Å². The summed E-state index contributed by atoms with van der Waals surface area (Å²) < 4.78 is 50.8. The molecule has 2 rings (SSSR count). The second-order valence-electron chi connectivity index (χ2n) is 5.95. The Morgan fingerprint density at radius 1 is 0.917 bits per heavy atom. The first kappa shape index (κ1) is 18.6. The molecule has 2 aromatic carbocycles. The molecule has 1 atom stereocenters. The highest BCUT2D eigenvalue weighted by atomic mass is 32.2. The van der Waals surface area contributed by atoms with Crippen LogP contribution in [0.4, 0.5) is 0 Å². The second kappa shape index (κ2) is 6.66. The lowest BCUT2D eigenvalue weighted by atomic mass is 10.1. The van der Waals surface area contributed by atoms with Gasteiger partial charge < -0.3 is 0 Å². The van der Waals surface area contributed by atoms with Crippen LogP contribution in [0.15, 0.2) is 52.3 Å². The number of hydrogen-bond donors (Lipinski definition) is 1. The van der Waals surface area contributed by atoms with Crippen LogP contribution in [0.3, 0.4) is 0 Å². The van der Waals surface area contributed by atoms with Crippen molar-refractivity contribution in [2.45, 2.75) is 36.6 Å². The van der Waals surface area contributed by atoms with E-state index in [0.29, 0.717) is 11.1 Å². The van der Waals surface area contributed by atoms with Gasteiger partial charge in [-0.2, -0.15) is 0 Å². The van der Waals surface area contributed by atoms with Crippen LogP contribution in [0.1, 0.15) is 29.7 Å². The molecule has 0 saturated carbocycles. The fourth-order valence-electron chi connectivity index (χ4n) is 2.36. The lowest BCUT2D eigenvalue weighted by Gasteiger charge is -2.16. The molecule has 0 aliphatic rings. The largest absolute Gasteiger partial charge is 0.241 e. The molecular formula is C17H21NO4S2. The molecule has 0 aliphatic carbocycles. The molecule has 130 valence electrons. The second-order valence-corrected chi connectivity index (χ2v) is 9.65. The van der Waals surface area contributed by atoms with Crippen LogP contribution in [-0.4, -0.2) is 23.1 Å². The van der Waals surface area contributed by atoms with Crippen molar-refractivity contribution in [1.29, 1.82) is 0 Å². The highest BCUT2D eigenvalue weighted by Gasteiger charge is 2.20. The molecule has 5 nitrogen and oxygen atoms in total. The van der Waals surface area contributed by atoms with Crippen LogP contribution in [0.25, 0.3) is 0 Å². The summed E-state index contributed by atoms with van der Waals surface area (Å²) in [6, 6.07) is 11.0. The molecule has 0 aromatic heterocycles. The molecule has 24 heavy (non-hydrogen) atoms. The van der Waals surface area contributed by atoms with E-state index in [1.54, 1.807) is 38.1 Å². The summed E-state index contributed by atoms with van der Waals surface area (Å²) in [4.78, 5) is 0.456. The summed E-state index contributed by atoms with van der Waals surface area (Å²) in [7, 11) is -6.94. The molecule has 0 radical (unpaired) electrons. The van der Waals surface area contributed by atoms with Gasteiger partial charge in [0.2, 0.25) is 10.0 Å². The van der Waals surface area contributed by atoms with Crippen LogP contribution in [0, 0.1) is 13.8 Å². The van der Waals surface area contributed by atoms with Crippen LogP contribution in [-0.2, 0) is 19.9 Å². The minimum Gasteiger partial charge on any atom is -0.224 e. The quantitative estimate of drug-likeness (QED) is 0.881. The Morgan fingerprint density at radius 2 is 1.50 bits per heavy atom. The fourth-order valence-corrected chi connectivity index (χ4v) is 4.56. The van der Waals surface area contributed by atoms with E-state index in [-0.39, 0.29) is 9.79 Å². The third kappa shape index (κ3) is 4.23. The smallest absolute Gasteiger partial charge is 0.224 e. The minimum atomic E-state index is -3.67. The van der Waals surface area contributed by atoms with Gasteiger partial charge in [0.05, 0.1) is 9.79 Å². The molecule has 0 aliphatic heterocycles. The van der Waals surface area contributed by atoms with Gasteiger partial charge in [-0.25, -0.2) is 21.6 Å². The van der Waals surface area contributed by atoms with Gasteiger partial charge in [-0.15, -0.1) is 0 Å². The summed E-state index contributed by atoms with van der Waals surface area (Å²) >= 11 is 0. The fraction of sp³-hybridized carbons (Fsp3) is 0.294. The van der Waals surface area contributed by atoms with Crippen LogP contribution in [0.5, 0.6) is 0 Å². The first-order chi connectivity index (χ1) is 11.0. The van der Waals surface area contributed by atoms with Crippen LogP contribution < -0.4 is 4.72 Å². The Balaban J connectivity index is 2.28. The van der Waals surface area contributed by atoms with Gasteiger partial charge in [-0.1, -0.05) is 24.3 Å². The normalized spacial score (nSPS) is 13.7. The molecule has 0 heterocycles. The lowest BCUT2D eigenvalue weighted by Crippen LogP contribution is -2.27. The van der Waals surface area contributed by atoms with E-state index in [4.69, 9.17) is 0 Å². The Hall–Kier alpha value is -1.70. The van der Waals surface area contributed by atoms with Crippen molar-refractivity contribution >= 4 is 19.9 Å². The Bertz CT molecular complexity index is 947. The number of benzene rings is 2. The molecule has 0 spiro atoms. The minimum absolute atomic E-state index is 0.204. The lowest BCUT2D eigenvalue weighted by molar-refractivity contribution is 0.566. The zero-order chi connectivity index (χ0) is 18.1. The number of rotatable bonds is 5. The number of aryl methyl sites for hydroxylation is 2. The summed E-state index contributed by atoms with van der Waals surface area (Å²) in [6.07, 6.45) is 1.13. The molecule has 2 aromatic rings. The predicted molar refractivity (Wildman–Crippen MR) is 94.2 cm³/mol. The highest BCUT2D eigenvalue weighted by Crippen LogP contribution is 2.21. The summed E-state index contributed by atoms with van der Waals surface area (Å²) in [5.41, 5.74) is 2.23. The highest BCUT2D eigenvalue weighted by molar-refractivity contribution is 7.90. The molecule has 0 bridgehead atoms. The maximum Gasteiger partial charge on any atom is 0.241 e. The molecule has 0 amide bonds. The van der Waals surface area contributed by atoms with Gasteiger partial charge >= 0.3 is 0 Å². The summed E-state index contributed by atoms with van der Waals surface area (Å²) in [5.74, 6) is 0. The van der Waals surface area contributed by atoms with Crippen molar-refractivity contribution in [3.63, 3.8) is 0 Å². The van der Waals surface area contributed by atoms with Gasteiger partial charge in [-0.05, 0) is 55.7 Å². The van der Waals surface area contributed by atoms with Gasteiger partial charge in [0.25, 0.3) is 0 Å². The standard InChI is InChI=1S/C17H21NO4S2/c1-12-5-6-13(2)17(11-12)24(21,22)18-14(3)15-7-9-16(10-8-15)23(4,19)20/h5-11,14,18H,1-4H3. The maximum atomic E-state index is 12.6. The monoisotopic (exact) mass is 367 g/mol. The van der Waals surface area contributed by atoms with Crippen molar-refractivity contribution in [3.8, 4) is 0 Å². The number of sulfonamides is 1. The molecule has 7 heteroatoms. The Kier molecular flexibility index (Phi) is 5.17. The first-order valence-electron chi connectivity index (χ1n) is 7.40. The van der Waals surface area contributed by atoms with Gasteiger partial charge in [0.1, 0.15) is 0 Å². The van der Waals surface area contributed by atoms with Gasteiger partial charge in [-0.3, -0.25) is 0 Å². The molecule has 0 saturated heterocycles. The van der Waals surface area contributed by atoms with Crippen LogP contribution in [0.2, 0.25) is 0 Å². The average Bonchev–Trinajstić information content (AvgIpc) is 2.48. The molecule has 1 unspecified atom stereocenters. The molecule has 1 N–H and O–H groups in total. The topological polar surface area (TPSA) is 80.3 Å². The van der Waals surface area contributed by atoms with E-state index >= 15 is 0 Å². The van der Waals surface area contributed by atoms with Gasteiger partial charge in [0.15, 0.2) is 9.84 Å². The molecule has 0 fully saturated rings. The van der Waals surface area contributed by atoms with E-state index in [2.05, 4.69) is 4.72 Å². The van der Waals surface area contributed by atoms with Crippen molar-refractivity contribution in [2.24, 2.45) is 0 Å². The van der Waals surface area contributed by atoms with E-state index in [9.17, 15) is 16.8 Å². The number of nitrogens with one attached hydrogen (secondary N) is 1. The zero-order valence-electron chi connectivity index (χ0n) is 14.1. The van der Waals surface area contributed by atoms with Crippen molar-refractivity contribution in [2.75, 3.05) is 6.26 Å². The Morgan fingerprint density at radius 3 is 2.04 bits per heavy atom. The first-order valence-corrected chi connectivity index (χ1v) is 10.8. The van der Waals surface area contributed by atoms with Crippen molar-refractivity contribution in [3.05, 3.63) is 59.2 Å². The molecular weight excluding hydrogens is 346 g/mol. The predicted octanol–water partition coefficient (Wildman–Crippen LogP) is 2.75. The van der Waals surface area contributed by atoms with Crippen molar-refractivity contribution < 1.29 is 16.8 Å². The third-order valence-corrected chi connectivity index (χ3v) is 6.58. The van der Waals surface area contributed by atoms with Gasteiger partial charge in [0, 0.05) is 12.3 Å². The average molecular weight is 367 g/mol. The zero-order valence-corrected chi connectivity index (χ0v) is 15.7. The van der Waals surface area contributed by atoms with E-state index < -0.39 is 25.9 Å². The Labute approximate surface area is 143 Å². The van der Waals surface area contributed by atoms with Crippen molar-refractivity contribution in [1.82, 2.24) is 4.72 Å². The summed E-state index contributed by atoms with van der Waals surface area (Å²) in [6.45, 7) is 5.31. The van der Waals surface area contributed by atoms with Crippen LogP contribution >= 0.6 is 0 Å². The summed E-state index contributed by atoms with van der Waals surface area (Å²) in [5, 5.41) is 0. The maximum absolute atomic E-state index is 12.6. The number of sulfone groups is 1. The van der Waals surface area contributed by atoms with E-state index in [1.807, 2.05) is 13.0 Å². The SMILES string of the molecule is Cc1ccc(C)c(S(=O)(=O)NC(C)c2ccc(S(C)(=O)=O)cc2)c1. The number of hydrogen-bond acceptors (Lipinski definition) is 4. The van der Waals surface area contributed by atoms with E-state index in [0.717, 1.165) is 11.8 Å².